The van der Waals surface area contributed by atoms with E-state index >= 15 is 0 Å². The lowest BCUT2D eigenvalue weighted by molar-refractivity contribution is -0.0144. The van der Waals surface area contributed by atoms with Gasteiger partial charge >= 0.3 is 0 Å². The minimum atomic E-state index is 0.0994. The Morgan fingerprint density at radius 2 is 1.31 bits per heavy atom. The summed E-state index contributed by atoms with van der Waals surface area (Å²) in [4.78, 5) is 0. The molecule has 2 aliphatic carbocycles. The van der Waals surface area contributed by atoms with Crippen LogP contribution in [0.3, 0.4) is 0 Å². The van der Waals surface area contributed by atoms with Crippen LogP contribution in [-0.2, 0) is 0 Å². The molecule has 3 atom stereocenters. The average Bonchev–Trinajstić information content (AvgIpc) is 1.76. The molecule has 0 heterocycles. The van der Waals surface area contributed by atoms with E-state index in [4.69, 9.17) is 5.73 Å². The maximum atomic E-state index is 6.34. The molecule has 13 heavy (non-hydrogen) atoms. The predicted molar refractivity (Wildman–Crippen MR) is 56.5 cm³/mol. The summed E-state index contributed by atoms with van der Waals surface area (Å²) in [7, 11) is 0. The minimum Gasteiger partial charge on any atom is -0.325 e. The van der Waals surface area contributed by atoms with Gasteiger partial charge in [-0.05, 0) is 49.9 Å². The molecule has 0 spiro atoms. The highest BCUT2D eigenvalue weighted by Crippen LogP contribution is 2.57. The minimum absolute atomic E-state index is 0.0994. The monoisotopic (exact) mass is 181 g/mol. The molecule has 0 aromatic rings. The van der Waals surface area contributed by atoms with Crippen LogP contribution in [0, 0.1) is 10.8 Å². The summed E-state index contributed by atoms with van der Waals surface area (Å²) in [6, 6.07) is 0. The fourth-order valence-corrected chi connectivity index (χ4v) is 4.46. The maximum Gasteiger partial charge on any atom is 0.0136 e. The van der Waals surface area contributed by atoms with Gasteiger partial charge < -0.3 is 5.73 Å². The molecule has 0 saturated heterocycles. The zero-order chi connectivity index (χ0) is 9.74. The smallest absolute Gasteiger partial charge is 0.0136 e. The fraction of sp³-hybridized carbons (Fsp3) is 1.00. The molecule has 0 amide bonds. The van der Waals surface area contributed by atoms with Crippen molar-refractivity contribution in [3.05, 3.63) is 0 Å². The summed E-state index contributed by atoms with van der Waals surface area (Å²) < 4.78 is 0. The molecular formula is C12H23N. The van der Waals surface area contributed by atoms with Crippen molar-refractivity contribution in [3.8, 4) is 0 Å². The molecule has 0 aromatic carbocycles. The molecule has 2 saturated carbocycles. The summed E-state index contributed by atoms with van der Waals surface area (Å²) in [6.45, 7) is 7.12. The van der Waals surface area contributed by atoms with Gasteiger partial charge in [-0.25, -0.2) is 0 Å². The SMILES string of the molecule is CC1(N)C[C@]2(C)CCC[C@](C)(C1)C2. The molecule has 2 rings (SSSR count). The Kier molecular flexibility index (Phi) is 1.83. The van der Waals surface area contributed by atoms with Gasteiger partial charge in [0.25, 0.3) is 0 Å². The van der Waals surface area contributed by atoms with Crippen LogP contribution in [-0.4, -0.2) is 5.54 Å². The van der Waals surface area contributed by atoms with Gasteiger partial charge in [-0.15, -0.1) is 0 Å². The summed E-state index contributed by atoms with van der Waals surface area (Å²) in [6.07, 6.45) is 8.09. The number of hydrogen-bond donors (Lipinski definition) is 1. The van der Waals surface area contributed by atoms with Crippen molar-refractivity contribution < 1.29 is 0 Å². The van der Waals surface area contributed by atoms with Gasteiger partial charge in [0.1, 0.15) is 0 Å². The van der Waals surface area contributed by atoms with E-state index in [0.717, 1.165) is 0 Å². The summed E-state index contributed by atoms with van der Waals surface area (Å²) in [5.41, 5.74) is 7.54. The van der Waals surface area contributed by atoms with E-state index in [0.29, 0.717) is 10.8 Å². The summed E-state index contributed by atoms with van der Waals surface area (Å²) in [5, 5.41) is 0. The van der Waals surface area contributed by atoms with Crippen molar-refractivity contribution >= 4 is 0 Å². The second-order valence-electron chi connectivity index (χ2n) is 6.66. The molecule has 2 bridgehead atoms. The Labute approximate surface area is 82.1 Å². The van der Waals surface area contributed by atoms with Crippen LogP contribution in [0.15, 0.2) is 0 Å². The lowest BCUT2D eigenvalue weighted by atomic mass is 9.52. The predicted octanol–water partition coefficient (Wildman–Crippen LogP) is 3.08. The molecule has 1 nitrogen and oxygen atoms in total. The Balaban J connectivity index is 2.26. The van der Waals surface area contributed by atoms with Crippen molar-refractivity contribution in [1.29, 1.82) is 0 Å². The van der Waals surface area contributed by atoms with Gasteiger partial charge in [-0.3, -0.25) is 0 Å². The van der Waals surface area contributed by atoms with Crippen molar-refractivity contribution in [2.75, 3.05) is 0 Å². The quantitative estimate of drug-likeness (QED) is 0.610. The van der Waals surface area contributed by atoms with Crippen molar-refractivity contribution in [3.63, 3.8) is 0 Å². The van der Waals surface area contributed by atoms with E-state index in [2.05, 4.69) is 20.8 Å². The van der Waals surface area contributed by atoms with Crippen LogP contribution in [0.4, 0.5) is 0 Å². The van der Waals surface area contributed by atoms with Crippen LogP contribution in [0.5, 0.6) is 0 Å². The molecule has 2 N–H and O–H groups in total. The molecule has 0 radical (unpaired) electrons. The zero-order valence-corrected chi connectivity index (χ0v) is 9.32. The third-order valence-corrected chi connectivity index (χ3v) is 4.08. The lowest BCUT2D eigenvalue weighted by Crippen LogP contribution is -2.53. The first-order valence-electron chi connectivity index (χ1n) is 5.62. The first-order chi connectivity index (χ1) is 5.83. The highest BCUT2D eigenvalue weighted by Gasteiger charge is 2.49. The normalized spacial score (nSPS) is 56.3. The van der Waals surface area contributed by atoms with E-state index in [1.54, 1.807) is 0 Å². The summed E-state index contributed by atoms with van der Waals surface area (Å²) >= 11 is 0. The Morgan fingerprint density at radius 3 is 1.77 bits per heavy atom. The number of fused-ring (bicyclic) bond motifs is 2. The largest absolute Gasteiger partial charge is 0.325 e. The second-order valence-corrected chi connectivity index (χ2v) is 6.66. The van der Waals surface area contributed by atoms with Gasteiger partial charge in [0, 0.05) is 5.54 Å². The lowest BCUT2D eigenvalue weighted by Gasteiger charge is -2.55. The van der Waals surface area contributed by atoms with Gasteiger partial charge in [0.05, 0.1) is 0 Å². The molecule has 1 unspecified atom stereocenters. The van der Waals surface area contributed by atoms with Crippen LogP contribution in [0.2, 0.25) is 0 Å². The molecular weight excluding hydrogens is 158 g/mol. The standard InChI is InChI=1S/C12H23N/c1-10-5-4-6-11(2,7-10)9-12(3,13)8-10/h4-9,13H2,1-3H3/t10-,11+,12?. The average molecular weight is 181 g/mol. The molecule has 2 fully saturated rings. The number of rotatable bonds is 0. The van der Waals surface area contributed by atoms with Crippen LogP contribution in [0.1, 0.15) is 59.3 Å². The van der Waals surface area contributed by atoms with Crippen LogP contribution >= 0.6 is 0 Å². The van der Waals surface area contributed by atoms with Gasteiger partial charge in [-0.2, -0.15) is 0 Å². The number of hydrogen-bond acceptors (Lipinski definition) is 1. The first kappa shape index (κ1) is 9.51. The van der Waals surface area contributed by atoms with E-state index in [-0.39, 0.29) is 5.54 Å². The van der Waals surface area contributed by atoms with Crippen molar-refractivity contribution in [1.82, 2.24) is 0 Å². The van der Waals surface area contributed by atoms with E-state index in [1.807, 2.05) is 0 Å². The van der Waals surface area contributed by atoms with Crippen LogP contribution in [0.25, 0.3) is 0 Å². The Morgan fingerprint density at radius 1 is 0.846 bits per heavy atom. The van der Waals surface area contributed by atoms with Crippen molar-refractivity contribution in [2.24, 2.45) is 16.6 Å². The fourth-order valence-electron chi connectivity index (χ4n) is 4.46. The molecule has 76 valence electrons. The van der Waals surface area contributed by atoms with Gasteiger partial charge in [-0.1, -0.05) is 20.3 Å². The van der Waals surface area contributed by atoms with Gasteiger partial charge in [0.15, 0.2) is 0 Å². The third-order valence-electron chi connectivity index (χ3n) is 4.08. The van der Waals surface area contributed by atoms with Gasteiger partial charge in [0.2, 0.25) is 0 Å². The molecule has 2 aliphatic rings. The highest BCUT2D eigenvalue weighted by atomic mass is 14.8. The highest BCUT2D eigenvalue weighted by molar-refractivity contribution is 5.03. The van der Waals surface area contributed by atoms with Crippen LogP contribution < -0.4 is 5.73 Å². The molecule has 1 heteroatoms. The van der Waals surface area contributed by atoms with E-state index in [9.17, 15) is 0 Å². The zero-order valence-electron chi connectivity index (χ0n) is 9.32. The Bertz CT molecular complexity index is 193. The maximum absolute atomic E-state index is 6.34. The molecule has 0 aromatic heterocycles. The van der Waals surface area contributed by atoms with E-state index in [1.165, 1.54) is 38.5 Å². The van der Waals surface area contributed by atoms with E-state index < -0.39 is 0 Å². The Hall–Kier alpha value is -0.0400. The molecule has 0 aliphatic heterocycles. The third kappa shape index (κ3) is 1.76. The van der Waals surface area contributed by atoms with Crippen molar-refractivity contribution in [2.45, 2.75) is 64.8 Å². The topological polar surface area (TPSA) is 26.0 Å². The second kappa shape index (κ2) is 2.50. The number of nitrogens with two attached hydrogens (primary N) is 1. The first-order valence-corrected chi connectivity index (χ1v) is 5.62. The summed E-state index contributed by atoms with van der Waals surface area (Å²) in [5.74, 6) is 0.